The Kier molecular flexibility index (Phi) is 5.67. The van der Waals surface area contributed by atoms with Gasteiger partial charge in [-0.1, -0.05) is 13.3 Å². The topological polar surface area (TPSA) is 78.4 Å². The third-order valence-corrected chi connectivity index (χ3v) is 1.82. The molecule has 1 atom stereocenters. The van der Waals surface area contributed by atoms with Crippen molar-refractivity contribution >= 4 is 12.0 Å². The van der Waals surface area contributed by atoms with E-state index in [1.54, 1.807) is 0 Å². The maximum atomic E-state index is 10.7. The normalized spacial score (nSPS) is 11.8. The van der Waals surface area contributed by atoms with E-state index in [-0.39, 0.29) is 18.4 Å². The first-order valence-corrected chi connectivity index (χ1v) is 4.27. The monoisotopic (exact) mass is 188 g/mol. The van der Waals surface area contributed by atoms with Crippen LogP contribution in [0.2, 0.25) is 0 Å². The summed E-state index contributed by atoms with van der Waals surface area (Å²) in [7, 11) is 1.52. The summed E-state index contributed by atoms with van der Waals surface area (Å²) in [5, 5.41) is 13.5. The molecule has 0 spiro atoms. The van der Waals surface area contributed by atoms with Crippen molar-refractivity contribution in [3.8, 4) is 0 Å². The molecular formula is C8H16N2O3. The molecular weight excluding hydrogens is 172 g/mol. The van der Waals surface area contributed by atoms with Crippen molar-refractivity contribution in [3.05, 3.63) is 0 Å². The Balaban J connectivity index is 3.71. The second kappa shape index (κ2) is 6.28. The fourth-order valence-electron chi connectivity index (χ4n) is 0.933. The van der Waals surface area contributed by atoms with Crippen molar-refractivity contribution in [2.75, 3.05) is 13.6 Å². The highest BCUT2D eigenvalue weighted by molar-refractivity contribution is 5.73. The third kappa shape index (κ3) is 5.95. The van der Waals surface area contributed by atoms with Crippen molar-refractivity contribution in [1.29, 1.82) is 0 Å². The Morgan fingerprint density at radius 2 is 2.08 bits per heavy atom. The highest BCUT2D eigenvalue weighted by Gasteiger charge is 2.11. The Morgan fingerprint density at radius 3 is 2.46 bits per heavy atom. The number of carboxylic acid groups (broad SMARTS) is 1. The van der Waals surface area contributed by atoms with Gasteiger partial charge in [-0.15, -0.1) is 0 Å². The summed E-state index contributed by atoms with van der Waals surface area (Å²) < 4.78 is 0. The Morgan fingerprint density at radius 1 is 1.46 bits per heavy atom. The standard InChI is InChI=1S/C8H16N2O3/c1-3-6(4-7(11)12)5-10-8(13)9-2/h6H,3-5H2,1-2H3,(H,11,12)(H2,9,10,13). The van der Waals surface area contributed by atoms with Crippen LogP contribution in [0.25, 0.3) is 0 Å². The first kappa shape index (κ1) is 11.7. The first-order chi connectivity index (χ1) is 6.10. The molecule has 2 amide bonds. The van der Waals surface area contributed by atoms with Crippen molar-refractivity contribution < 1.29 is 14.7 Å². The lowest BCUT2D eigenvalue weighted by atomic mass is 10.0. The lowest BCUT2D eigenvalue weighted by Gasteiger charge is -2.12. The minimum absolute atomic E-state index is 0.00907. The van der Waals surface area contributed by atoms with Crippen LogP contribution in [0.4, 0.5) is 4.79 Å². The van der Waals surface area contributed by atoms with Gasteiger partial charge in [-0.05, 0) is 5.92 Å². The van der Waals surface area contributed by atoms with Gasteiger partial charge in [0.15, 0.2) is 0 Å². The Labute approximate surface area is 77.5 Å². The van der Waals surface area contributed by atoms with Gasteiger partial charge < -0.3 is 15.7 Å². The predicted molar refractivity (Wildman–Crippen MR) is 48.5 cm³/mol. The summed E-state index contributed by atoms with van der Waals surface area (Å²) in [6.07, 6.45) is 0.844. The number of aliphatic carboxylic acids is 1. The maximum absolute atomic E-state index is 10.7. The van der Waals surface area contributed by atoms with Crippen LogP contribution in [-0.2, 0) is 4.79 Å². The summed E-state index contributed by atoms with van der Waals surface area (Å²) in [4.78, 5) is 21.1. The van der Waals surface area contributed by atoms with E-state index < -0.39 is 5.97 Å². The minimum atomic E-state index is -0.828. The summed E-state index contributed by atoms with van der Waals surface area (Å²) >= 11 is 0. The summed E-state index contributed by atoms with van der Waals surface area (Å²) in [5.41, 5.74) is 0. The van der Waals surface area contributed by atoms with Crippen molar-refractivity contribution in [2.45, 2.75) is 19.8 Å². The Hall–Kier alpha value is -1.26. The number of amides is 2. The van der Waals surface area contributed by atoms with E-state index in [1.165, 1.54) is 7.05 Å². The average molecular weight is 188 g/mol. The van der Waals surface area contributed by atoms with E-state index in [0.29, 0.717) is 6.54 Å². The molecule has 0 rings (SSSR count). The summed E-state index contributed by atoms with van der Waals surface area (Å²) in [6, 6.07) is -0.274. The fraction of sp³-hybridized carbons (Fsp3) is 0.750. The van der Waals surface area contributed by atoms with Crippen molar-refractivity contribution in [1.82, 2.24) is 10.6 Å². The van der Waals surface area contributed by atoms with Gasteiger partial charge in [0, 0.05) is 20.0 Å². The largest absolute Gasteiger partial charge is 0.481 e. The van der Waals surface area contributed by atoms with Gasteiger partial charge in [0.05, 0.1) is 0 Å². The zero-order chi connectivity index (χ0) is 10.3. The van der Waals surface area contributed by atoms with E-state index in [9.17, 15) is 9.59 Å². The van der Waals surface area contributed by atoms with Crippen LogP contribution >= 0.6 is 0 Å². The van der Waals surface area contributed by atoms with E-state index in [4.69, 9.17) is 5.11 Å². The van der Waals surface area contributed by atoms with Crippen LogP contribution in [0.5, 0.6) is 0 Å². The van der Waals surface area contributed by atoms with Gasteiger partial charge in [0.1, 0.15) is 0 Å². The molecule has 0 radical (unpaired) electrons. The zero-order valence-corrected chi connectivity index (χ0v) is 7.96. The van der Waals surface area contributed by atoms with Crippen LogP contribution in [0.15, 0.2) is 0 Å². The number of hydrogen-bond acceptors (Lipinski definition) is 2. The molecule has 1 unspecified atom stereocenters. The van der Waals surface area contributed by atoms with Gasteiger partial charge in [-0.25, -0.2) is 4.79 Å². The van der Waals surface area contributed by atoms with Gasteiger partial charge in [-0.2, -0.15) is 0 Å². The molecule has 0 saturated carbocycles. The number of nitrogens with one attached hydrogen (secondary N) is 2. The number of urea groups is 1. The van der Waals surface area contributed by atoms with E-state index >= 15 is 0 Å². The van der Waals surface area contributed by atoms with Crippen LogP contribution in [0, 0.1) is 5.92 Å². The number of hydrogen-bond donors (Lipinski definition) is 3. The molecule has 3 N–H and O–H groups in total. The van der Waals surface area contributed by atoms with E-state index in [2.05, 4.69) is 10.6 Å². The van der Waals surface area contributed by atoms with E-state index in [0.717, 1.165) is 6.42 Å². The second-order valence-electron chi connectivity index (χ2n) is 2.83. The SMILES string of the molecule is CCC(CNC(=O)NC)CC(=O)O. The van der Waals surface area contributed by atoms with Crippen molar-refractivity contribution in [2.24, 2.45) is 5.92 Å². The highest BCUT2D eigenvalue weighted by atomic mass is 16.4. The highest BCUT2D eigenvalue weighted by Crippen LogP contribution is 2.05. The average Bonchev–Trinajstić information content (AvgIpc) is 2.10. The van der Waals surface area contributed by atoms with Gasteiger partial charge in [0.2, 0.25) is 0 Å². The molecule has 0 aliphatic heterocycles. The fourth-order valence-corrected chi connectivity index (χ4v) is 0.933. The van der Waals surface area contributed by atoms with Crippen molar-refractivity contribution in [3.63, 3.8) is 0 Å². The molecule has 5 heteroatoms. The molecule has 0 aromatic carbocycles. The second-order valence-corrected chi connectivity index (χ2v) is 2.83. The zero-order valence-electron chi connectivity index (χ0n) is 7.96. The minimum Gasteiger partial charge on any atom is -0.481 e. The summed E-state index contributed by atoms with van der Waals surface area (Å²) in [6.45, 7) is 2.31. The van der Waals surface area contributed by atoms with Crippen LogP contribution < -0.4 is 10.6 Å². The maximum Gasteiger partial charge on any atom is 0.314 e. The quantitative estimate of drug-likeness (QED) is 0.585. The molecule has 76 valence electrons. The number of rotatable bonds is 5. The van der Waals surface area contributed by atoms with Crippen LogP contribution in [-0.4, -0.2) is 30.7 Å². The van der Waals surface area contributed by atoms with Gasteiger partial charge in [0.25, 0.3) is 0 Å². The number of carbonyl (C=O) groups is 2. The predicted octanol–water partition coefficient (Wildman–Crippen LogP) is 0.416. The molecule has 0 bridgehead atoms. The van der Waals surface area contributed by atoms with Gasteiger partial charge >= 0.3 is 12.0 Å². The number of carboxylic acids is 1. The third-order valence-electron chi connectivity index (χ3n) is 1.82. The van der Waals surface area contributed by atoms with Gasteiger partial charge in [-0.3, -0.25) is 4.79 Å². The molecule has 0 aliphatic carbocycles. The Bertz CT molecular complexity index is 182. The van der Waals surface area contributed by atoms with Crippen LogP contribution in [0.3, 0.4) is 0 Å². The molecule has 0 saturated heterocycles. The molecule has 0 aromatic rings. The van der Waals surface area contributed by atoms with Crippen LogP contribution in [0.1, 0.15) is 19.8 Å². The smallest absolute Gasteiger partial charge is 0.314 e. The van der Waals surface area contributed by atoms with E-state index in [1.807, 2.05) is 6.92 Å². The number of carbonyl (C=O) groups excluding carboxylic acids is 1. The molecule has 13 heavy (non-hydrogen) atoms. The molecule has 0 heterocycles. The molecule has 0 fully saturated rings. The lowest BCUT2D eigenvalue weighted by Crippen LogP contribution is -2.36. The summed E-state index contributed by atoms with van der Waals surface area (Å²) in [5.74, 6) is -0.819. The molecule has 5 nitrogen and oxygen atoms in total. The lowest BCUT2D eigenvalue weighted by molar-refractivity contribution is -0.138. The molecule has 0 aliphatic rings. The first-order valence-electron chi connectivity index (χ1n) is 4.27. The molecule has 0 aromatic heterocycles.